The minimum Gasteiger partial charge on any atom is -0.458 e. The predicted molar refractivity (Wildman–Crippen MR) is 86.7 cm³/mol. The van der Waals surface area contributed by atoms with Crippen LogP contribution >= 0.6 is 11.6 Å². The van der Waals surface area contributed by atoms with Gasteiger partial charge < -0.3 is 15.1 Å². The van der Waals surface area contributed by atoms with Gasteiger partial charge in [0.25, 0.3) is 0 Å². The molecule has 0 spiro atoms. The first kappa shape index (κ1) is 13.9. The Balaban J connectivity index is 2.07. The Morgan fingerprint density at radius 3 is 2.67 bits per heavy atom. The molecule has 0 amide bonds. The van der Waals surface area contributed by atoms with E-state index in [2.05, 4.69) is 4.98 Å². The molecule has 21 heavy (non-hydrogen) atoms. The van der Waals surface area contributed by atoms with Crippen molar-refractivity contribution in [3.05, 3.63) is 47.3 Å². The number of aromatic nitrogens is 1. The van der Waals surface area contributed by atoms with Crippen LogP contribution in [-0.2, 0) is 6.54 Å². The van der Waals surface area contributed by atoms with Crippen LogP contribution in [0.2, 0.25) is 5.02 Å². The van der Waals surface area contributed by atoms with Gasteiger partial charge in [-0.25, -0.2) is 0 Å². The molecule has 0 fully saturated rings. The Morgan fingerprint density at radius 2 is 2.05 bits per heavy atom. The van der Waals surface area contributed by atoms with E-state index in [1.54, 1.807) is 0 Å². The van der Waals surface area contributed by atoms with Gasteiger partial charge in [0.15, 0.2) is 5.58 Å². The van der Waals surface area contributed by atoms with E-state index < -0.39 is 0 Å². The van der Waals surface area contributed by atoms with E-state index in [-0.39, 0.29) is 0 Å². The zero-order chi connectivity index (χ0) is 15.0. The Morgan fingerprint density at radius 1 is 1.24 bits per heavy atom. The van der Waals surface area contributed by atoms with Crippen LogP contribution < -0.4 is 10.6 Å². The number of benzene rings is 1. The zero-order valence-corrected chi connectivity index (χ0v) is 12.7. The minimum atomic E-state index is 0.357. The molecule has 0 bridgehead atoms. The molecule has 0 radical (unpaired) electrons. The Kier molecular flexibility index (Phi) is 3.57. The minimum absolute atomic E-state index is 0.357. The third kappa shape index (κ3) is 2.60. The maximum atomic E-state index is 6.29. The highest BCUT2D eigenvalue weighted by molar-refractivity contribution is 6.35. The molecule has 3 rings (SSSR count). The van der Waals surface area contributed by atoms with E-state index in [0.717, 1.165) is 28.1 Å². The predicted octanol–water partition coefficient (Wildman–Crippen LogP) is 3.67. The van der Waals surface area contributed by atoms with Gasteiger partial charge in [0.1, 0.15) is 5.76 Å². The van der Waals surface area contributed by atoms with Gasteiger partial charge in [-0.2, -0.15) is 0 Å². The number of hydrogen-bond donors (Lipinski definition) is 1. The summed E-state index contributed by atoms with van der Waals surface area (Å²) in [6.45, 7) is 0.357. The van der Waals surface area contributed by atoms with Gasteiger partial charge in [0.05, 0.1) is 29.1 Å². The number of nitrogens with two attached hydrogens (primary N) is 1. The molecule has 4 nitrogen and oxygen atoms in total. The highest BCUT2D eigenvalue weighted by Crippen LogP contribution is 2.32. The molecular weight excluding hydrogens is 286 g/mol. The lowest BCUT2D eigenvalue weighted by Crippen LogP contribution is -2.08. The second-order valence-corrected chi connectivity index (χ2v) is 5.50. The van der Waals surface area contributed by atoms with Gasteiger partial charge in [-0.1, -0.05) is 11.6 Å². The van der Waals surface area contributed by atoms with E-state index in [4.69, 9.17) is 21.8 Å². The summed E-state index contributed by atoms with van der Waals surface area (Å²) >= 11 is 6.29. The van der Waals surface area contributed by atoms with Crippen molar-refractivity contribution in [2.75, 3.05) is 19.0 Å². The number of nitrogens with zero attached hydrogens (tertiary/aromatic N) is 2. The van der Waals surface area contributed by atoms with Crippen molar-refractivity contribution >= 4 is 28.3 Å². The van der Waals surface area contributed by atoms with Gasteiger partial charge >= 0.3 is 0 Å². The molecule has 5 heteroatoms. The zero-order valence-electron chi connectivity index (χ0n) is 11.9. The van der Waals surface area contributed by atoms with Crippen LogP contribution in [0.1, 0.15) is 5.76 Å². The van der Waals surface area contributed by atoms with Gasteiger partial charge in [-0.15, -0.1) is 0 Å². The standard InChI is InChI=1S/C16H16ClN3O/c1-20(2)12-3-4-15(19-9-12)10-5-11-6-13(8-18)21-16(11)14(17)7-10/h3-7,9H,8,18H2,1-2H3. The molecule has 2 N–H and O–H groups in total. The quantitative estimate of drug-likeness (QED) is 0.802. The van der Waals surface area contributed by atoms with Gasteiger partial charge in [0, 0.05) is 25.0 Å². The summed E-state index contributed by atoms with van der Waals surface area (Å²) in [5.41, 5.74) is 9.17. The van der Waals surface area contributed by atoms with Crippen LogP contribution in [0.4, 0.5) is 5.69 Å². The summed E-state index contributed by atoms with van der Waals surface area (Å²) in [4.78, 5) is 6.50. The highest BCUT2D eigenvalue weighted by Gasteiger charge is 2.10. The number of furan rings is 1. The number of pyridine rings is 1. The van der Waals surface area contributed by atoms with Crippen LogP contribution in [0, 0.1) is 0 Å². The van der Waals surface area contributed by atoms with Crippen molar-refractivity contribution in [2.45, 2.75) is 6.54 Å². The first-order valence-electron chi connectivity index (χ1n) is 6.64. The van der Waals surface area contributed by atoms with Crippen molar-refractivity contribution in [2.24, 2.45) is 5.73 Å². The van der Waals surface area contributed by atoms with Crippen LogP contribution in [0.15, 0.2) is 40.9 Å². The Labute approximate surface area is 128 Å². The maximum Gasteiger partial charge on any atom is 0.152 e. The molecule has 0 saturated heterocycles. The fourth-order valence-corrected chi connectivity index (χ4v) is 2.50. The molecule has 108 valence electrons. The second kappa shape index (κ2) is 5.39. The second-order valence-electron chi connectivity index (χ2n) is 5.09. The lowest BCUT2D eigenvalue weighted by atomic mass is 10.1. The largest absolute Gasteiger partial charge is 0.458 e. The number of hydrogen-bond acceptors (Lipinski definition) is 4. The fraction of sp³-hybridized carbons (Fsp3) is 0.188. The maximum absolute atomic E-state index is 6.29. The molecule has 0 saturated carbocycles. The van der Waals surface area contributed by atoms with E-state index in [1.807, 2.05) is 55.5 Å². The van der Waals surface area contributed by atoms with Crippen LogP contribution in [0.5, 0.6) is 0 Å². The van der Waals surface area contributed by atoms with Crippen molar-refractivity contribution in [3.63, 3.8) is 0 Å². The van der Waals surface area contributed by atoms with Crippen LogP contribution in [-0.4, -0.2) is 19.1 Å². The summed E-state index contributed by atoms with van der Waals surface area (Å²) < 4.78 is 5.61. The summed E-state index contributed by atoms with van der Waals surface area (Å²) in [6.07, 6.45) is 1.84. The molecule has 0 unspecified atom stereocenters. The molecule has 0 aliphatic rings. The normalized spacial score (nSPS) is 11.0. The smallest absolute Gasteiger partial charge is 0.152 e. The van der Waals surface area contributed by atoms with Crippen molar-refractivity contribution in [1.29, 1.82) is 0 Å². The first-order valence-corrected chi connectivity index (χ1v) is 7.02. The third-order valence-electron chi connectivity index (χ3n) is 3.38. The van der Waals surface area contributed by atoms with E-state index in [0.29, 0.717) is 17.2 Å². The van der Waals surface area contributed by atoms with Gasteiger partial charge in [-0.05, 0) is 30.3 Å². The van der Waals surface area contributed by atoms with E-state index >= 15 is 0 Å². The summed E-state index contributed by atoms with van der Waals surface area (Å²) in [7, 11) is 3.97. The summed E-state index contributed by atoms with van der Waals surface area (Å²) in [5, 5.41) is 1.51. The molecule has 0 atom stereocenters. The molecule has 1 aromatic carbocycles. The van der Waals surface area contributed by atoms with Crippen molar-refractivity contribution < 1.29 is 4.42 Å². The topological polar surface area (TPSA) is 55.3 Å². The lowest BCUT2D eigenvalue weighted by molar-refractivity contribution is 0.552. The third-order valence-corrected chi connectivity index (χ3v) is 3.66. The van der Waals surface area contributed by atoms with E-state index in [9.17, 15) is 0 Å². The van der Waals surface area contributed by atoms with Crippen molar-refractivity contribution in [1.82, 2.24) is 4.98 Å². The SMILES string of the molecule is CN(C)c1ccc(-c2cc(Cl)c3oc(CN)cc3c2)nc1. The number of halogens is 1. The molecule has 2 heterocycles. The van der Waals surface area contributed by atoms with Crippen molar-refractivity contribution in [3.8, 4) is 11.3 Å². The number of rotatable bonds is 3. The fourth-order valence-electron chi connectivity index (χ4n) is 2.23. The number of anilines is 1. The lowest BCUT2D eigenvalue weighted by Gasteiger charge is -2.12. The molecule has 0 aliphatic carbocycles. The average Bonchev–Trinajstić information content (AvgIpc) is 2.91. The molecule has 2 aromatic heterocycles. The Hall–Kier alpha value is -2.04. The van der Waals surface area contributed by atoms with Crippen LogP contribution in [0.3, 0.4) is 0 Å². The summed E-state index contributed by atoms with van der Waals surface area (Å²) in [5.74, 6) is 0.722. The molecular formula is C16H16ClN3O. The first-order chi connectivity index (χ1) is 10.1. The van der Waals surface area contributed by atoms with E-state index in [1.165, 1.54) is 0 Å². The van der Waals surface area contributed by atoms with Gasteiger partial charge in [-0.3, -0.25) is 4.98 Å². The van der Waals surface area contributed by atoms with Gasteiger partial charge in [0.2, 0.25) is 0 Å². The summed E-state index contributed by atoms with van der Waals surface area (Å²) in [6, 6.07) is 9.81. The molecule has 0 aliphatic heterocycles. The monoisotopic (exact) mass is 301 g/mol. The van der Waals surface area contributed by atoms with Crippen LogP contribution in [0.25, 0.3) is 22.2 Å². The molecule has 3 aromatic rings. The Bertz CT molecular complexity index is 778. The average molecular weight is 302 g/mol. The highest BCUT2D eigenvalue weighted by atomic mass is 35.5. The number of fused-ring (bicyclic) bond motifs is 1.